The summed E-state index contributed by atoms with van der Waals surface area (Å²) in [7, 11) is 0. The Kier molecular flexibility index (Phi) is 5.88. The van der Waals surface area contributed by atoms with Crippen molar-refractivity contribution in [3.8, 4) is 33.9 Å². The summed E-state index contributed by atoms with van der Waals surface area (Å²) in [6.07, 6.45) is 1.65. The Hall–Kier alpha value is -3.09. The van der Waals surface area contributed by atoms with Gasteiger partial charge in [-0.2, -0.15) is 0 Å². The van der Waals surface area contributed by atoms with Crippen LogP contribution in [0.5, 0.6) is 11.5 Å². The van der Waals surface area contributed by atoms with E-state index in [1.54, 1.807) is 24.4 Å². The molecular weight excluding hydrogens is 466 g/mol. The molecule has 0 atom stereocenters. The molecular formula is C23H17BrClN3O2. The summed E-state index contributed by atoms with van der Waals surface area (Å²) in [6, 6.07) is 20.3. The van der Waals surface area contributed by atoms with Crippen molar-refractivity contribution in [2.24, 2.45) is 0 Å². The van der Waals surface area contributed by atoms with E-state index in [9.17, 15) is 5.11 Å². The molecule has 3 N–H and O–H groups in total. The largest absolute Gasteiger partial charge is 0.507 e. The van der Waals surface area contributed by atoms with Gasteiger partial charge in [0.15, 0.2) is 0 Å². The molecule has 0 fully saturated rings. The van der Waals surface area contributed by atoms with E-state index in [-0.39, 0.29) is 11.7 Å². The number of halogens is 2. The fourth-order valence-electron chi connectivity index (χ4n) is 3.02. The highest BCUT2D eigenvalue weighted by Gasteiger charge is 2.15. The Morgan fingerprint density at radius 3 is 2.50 bits per heavy atom. The van der Waals surface area contributed by atoms with Gasteiger partial charge in [-0.3, -0.25) is 0 Å². The number of aromatic nitrogens is 2. The average Bonchev–Trinajstić information content (AvgIpc) is 2.74. The topological polar surface area (TPSA) is 81.3 Å². The van der Waals surface area contributed by atoms with Crippen LogP contribution in [0.15, 0.2) is 77.4 Å². The van der Waals surface area contributed by atoms with E-state index >= 15 is 0 Å². The lowest BCUT2D eigenvalue weighted by molar-refractivity contribution is 0.304. The molecule has 5 nitrogen and oxygen atoms in total. The number of rotatable bonds is 5. The fourth-order valence-corrected chi connectivity index (χ4v) is 3.47. The van der Waals surface area contributed by atoms with Gasteiger partial charge in [0.05, 0.1) is 5.69 Å². The molecule has 0 saturated carbocycles. The molecule has 1 heterocycles. The fraction of sp³-hybridized carbons (Fsp3) is 0.0435. The van der Waals surface area contributed by atoms with Crippen LogP contribution in [0.3, 0.4) is 0 Å². The van der Waals surface area contributed by atoms with Crippen molar-refractivity contribution in [2.45, 2.75) is 6.61 Å². The molecule has 4 aromatic rings. The maximum atomic E-state index is 10.7. The van der Waals surface area contributed by atoms with Crippen LogP contribution in [-0.4, -0.2) is 15.1 Å². The van der Waals surface area contributed by atoms with Crippen LogP contribution < -0.4 is 10.5 Å². The minimum absolute atomic E-state index is 0.0307. The van der Waals surface area contributed by atoms with Crippen LogP contribution in [0.25, 0.3) is 22.4 Å². The SMILES string of the molecule is Nc1ncc(-c2ccc(Br)cc2)c(-c2ccc(OCc3ccccc3Cl)cc2O)n1. The third-order valence-electron chi connectivity index (χ3n) is 4.54. The summed E-state index contributed by atoms with van der Waals surface area (Å²) in [4.78, 5) is 8.49. The Morgan fingerprint density at radius 2 is 1.77 bits per heavy atom. The standard InChI is InChI=1S/C23H17BrClN3O2/c24-16-7-5-14(6-8-16)19-12-27-23(26)28-22(19)18-10-9-17(11-21(18)29)30-13-15-3-1-2-4-20(15)25/h1-12,29H,13H2,(H2,26,27,28). The molecule has 4 rings (SSSR count). The number of hydrogen-bond acceptors (Lipinski definition) is 5. The molecule has 150 valence electrons. The zero-order valence-electron chi connectivity index (χ0n) is 15.7. The third-order valence-corrected chi connectivity index (χ3v) is 5.44. The molecule has 0 saturated heterocycles. The van der Waals surface area contributed by atoms with Crippen LogP contribution in [0.4, 0.5) is 5.95 Å². The van der Waals surface area contributed by atoms with Crippen LogP contribution in [0.2, 0.25) is 5.02 Å². The Morgan fingerprint density at radius 1 is 1.00 bits per heavy atom. The van der Waals surface area contributed by atoms with Crippen molar-refractivity contribution in [2.75, 3.05) is 5.73 Å². The normalized spacial score (nSPS) is 10.7. The summed E-state index contributed by atoms with van der Waals surface area (Å²) in [5, 5.41) is 11.3. The molecule has 0 aliphatic rings. The molecule has 0 aliphatic carbocycles. The molecule has 0 amide bonds. The number of anilines is 1. The minimum Gasteiger partial charge on any atom is -0.507 e. The molecule has 0 spiro atoms. The van der Waals surface area contributed by atoms with E-state index in [2.05, 4.69) is 25.9 Å². The summed E-state index contributed by atoms with van der Waals surface area (Å²) in [6.45, 7) is 0.295. The van der Waals surface area contributed by atoms with Gasteiger partial charge in [-0.25, -0.2) is 9.97 Å². The van der Waals surface area contributed by atoms with Crippen molar-refractivity contribution in [1.82, 2.24) is 9.97 Å². The van der Waals surface area contributed by atoms with Crippen molar-refractivity contribution in [3.63, 3.8) is 0 Å². The number of aromatic hydroxyl groups is 1. The second kappa shape index (κ2) is 8.73. The van der Waals surface area contributed by atoms with E-state index in [1.807, 2.05) is 48.5 Å². The summed E-state index contributed by atoms with van der Waals surface area (Å²) < 4.78 is 6.75. The molecule has 0 aliphatic heterocycles. The van der Waals surface area contributed by atoms with Gasteiger partial charge in [-0.1, -0.05) is 57.9 Å². The molecule has 7 heteroatoms. The van der Waals surface area contributed by atoms with Gasteiger partial charge in [-0.05, 0) is 35.9 Å². The first-order chi connectivity index (χ1) is 14.5. The van der Waals surface area contributed by atoms with Crippen molar-refractivity contribution < 1.29 is 9.84 Å². The van der Waals surface area contributed by atoms with Gasteiger partial charge in [0.1, 0.15) is 18.1 Å². The maximum absolute atomic E-state index is 10.7. The Labute approximate surface area is 187 Å². The second-order valence-corrected chi connectivity index (χ2v) is 7.88. The van der Waals surface area contributed by atoms with Crippen molar-refractivity contribution in [3.05, 3.63) is 88.0 Å². The highest BCUT2D eigenvalue weighted by Crippen LogP contribution is 2.37. The van der Waals surface area contributed by atoms with Crippen LogP contribution in [-0.2, 0) is 6.61 Å². The lowest BCUT2D eigenvalue weighted by Crippen LogP contribution is -1.99. The quantitative estimate of drug-likeness (QED) is 0.359. The second-order valence-electron chi connectivity index (χ2n) is 6.56. The zero-order chi connectivity index (χ0) is 21.1. The molecule has 3 aromatic carbocycles. The average molecular weight is 483 g/mol. The molecule has 0 radical (unpaired) electrons. The van der Waals surface area contributed by atoms with E-state index in [0.29, 0.717) is 28.6 Å². The summed E-state index contributed by atoms with van der Waals surface area (Å²) in [5.41, 5.74) is 9.44. The molecule has 0 bridgehead atoms. The van der Waals surface area contributed by atoms with E-state index in [1.165, 1.54) is 0 Å². The molecule has 30 heavy (non-hydrogen) atoms. The van der Waals surface area contributed by atoms with Gasteiger partial charge in [0.25, 0.3) is 0 Å². The lowest BCUT2D eigenvalue weighted by atomic mass is 10.00. The highest BCUT2D eigenvalue weighted by atomic mass is 79.9. The monoisotopic (exact) mass is 481 g/mol. The third kappa shape index (κ3) is 4.40. The van der Waals surface area contributed by atoms with Crippen LogP contribution in [0.1, 0.15) is 5.56 Å². The summed E-state index contributed by atoms with van der Waals surface area (Å²) >= 11 is 9.60. The van der Waals surface area contributed by atoms with Gasteiger partial charge < -0.3 is 15.6 Å². The minimum atomic E-state index is 0.0307. The number of benzene rings is 3. The van der Waals surface area contributed by atoms with E-state index < -0.39 is 0 Å². The number of ether oxygens (including phenoxy) is 1. The number of phenolic OH excluding ortho intramolecular Hbond substituents is 1. The number of nitrogens with zero attached hydrogens (tertiary/aromatic N) is 2. The predicted molar refractivity (Wildman–Crippen MR) is 122 cm³/mol. The predicted octanol–water partition coefficient (Wildman–Crippen LogP) is 6.09. The van der Waals surface area contributed by atoms with Crippen molar-refractivity contribution in [1.29, 1.82) is 0 Å². The van der Waals surface area contributed by atoms with Crippen molar-refractivity contribution >= 4 is 33.5 Å². The van der Waals surface area contributed by atoms with Gasteiger partial charge >= 0.3 is 0 Å². The Bertz CT molecular complexity index is 1200. The number of nitrogen functional groups attached to an aromatic ring is 1. The first-order valence-electron chi connectivity index (χ1n) is 9.09. The van der Waals surface area contributed by atoms with Gasteiger partial charge in [-0.15, -0.1) is 0 Å². The first kappa shape index (κ1) is 20.2. The number of phenols is 1. The Balaban J connectivity index is 1.65. The van der Waals surface area contributed by atoms with Gasteiger partial charge in [0, 0.05) is 38.4 Å². The maximum Gasteiger partial charge on any atom is 0.220 e. The van der Waals surface area contributed by atoms with E-state index in [0.717, 1.165) is 21.2 Å². The van der Waals surface area contributed by atoms with E-state index in [4.69, 9.17) is 22.1 Å². The number of nitrogens with two attached hydrogens (primary N) is 1. The number of hydrogen-bond donors (Lipinski definition) is 2. The smallest absolute Gasteiger partial charge is 0.220 e. The van der Waals surface area contributed by atoms with Gasteiger partial charge in [0.2, 0.25) is 5.95 Å². The zero-order valence-corrected chi connectivity index (χ0v) is 18.1. The molecule has 1 aromatic heterocycles. The van der Waals surface area contributed by atoms with Crippen LogP contribution in [0, 0.1) is 0 Å². The first-order valence-corrected chi connectivity index (χ1v) is 10.3. The lowest BCUT2D eigenvalue weighted by Gasteiger charge is -2.13. The van der Waals surface area contributed by atoms with Crippen LogP contribution >= 0.6 is 27.5 Å². The highest BCUT2D eigenvalue weighted by molar-refractivity contribution is 9.10. The summed E-state index contributed by atoms with van der Waals surface area (Å²) in [5.74, 6) is 0.677. The molecule has 0 unspecified atom stereocenters.